The Balaban J connectivity index is 1.54. The Kier molecular flexibility index (Phi) is 5.21. The lowest BCUT2D eigenvalue weighted by Crippen LogP contribution is -2.46. The molecule has 1 aromatic heterocycles. The van der Waals surface area contributed by atoms with Gasteiger partial charge in [0.25, 0.3) is 5.91 Å². The fraction of sp³-hybridized carbons (Fsp3) is 0.750. The highest BCUT2D eigenvalue weighted by Crippen LogP contribution is 2.45. The van der Waals surface area contributed by atoms with Crippen LogP contribution in [0.25, 0.3) is 0 Å². The molecule has 0 radical (unpaired) electrons. The van der Waals surface area contributed by atoms with Gasteiger partial charge in [-0.25, -0.2) is 0 Å². The monoisotopic (exact) mass is 374 g/mol. The van der Waals surface area contributed by atoms with Gasteiger partial charge in [0.15, 0.2) is 0 Å². The van der Waals surface area contributed by atoms with Gasteiger partial charge in [-0.05, 0) is 38.7 Å². The van der Waals surface area contributed by atoms with Crippen molar-refractivity contribution in [1.82, 2.24) is 20.0 Å². The van der Waals surface area contributed by atoms with Crippen LogP contribution in [-0.2, 0) is 16.1 Å². The summed E-state index contributed by atoms with van der Waals surface area (Å²) in [6.07, 6.45) is 7.89. The number of hydrogen-bond donors (Lipinski definition) is 1. The Morgan fingerprint density at radius 1 is 1.30 bits per heavy atom. The van der Waals surface area contributed by atoms with E-state index in [1.54, 1.807) is 16.9 Å². The summed E-state index contributed by atoms with van der Waals surface area (Å²) < 4.78 is 7.30. The van der Waals surface area contributed by atoms with Crippen LogP contribution in [-0.4, -0.2) is 58.8 Å². The van der Waals surface area contributed by atoms with E-state index in [4.69, 9.17) is 4.74 Å². The lowest BCUT2D eigenvalue weighted by Gasteiger charge is -2.37. The number of nitrogens with one attached hydrogen (secondary N) is 1. The van der Waals surface area contributed by atoms with Crippen molar-refractivity contribution in [3.8, 4) is 0 Å². The molecule has 0 aromatic carbocycles. The maximum Gasteiger partial charge on any atom is 0.272 e. The Labute approximate surface area is 160 Å². The lowest BCUT2D eigenvalue weighted by atomic mass is 9.71. The molecule has 0 bridgehead atoms. The summed E-state index contributed by atoms with van der Waals surface area (Å²) >= 11 is 0. The van der Waals surface area contributed by atoms with Gasteiger partial charge < -0.3 is 15.0 Å². The zero-order valence-electron chi connectivity index (χ0n) is 16.2. The van der Waals surface area contributed by atoms with Crippen LogP contribution in [0.2, 0.25) is 0 Å². The van der Waals surface area contributed by atoms with Crippen molar-refractivity contribution in [2.24, 2.45) is 11.3 Å². The summed E-state index contributed by atoms with van der Waals surface area (Å²) in [5.74, 6) is -0.0385. The molecule has 27 heavy (non-hydrogen) atoms. The molecule has 1 spiro atoms. The van der Waals surface area contributed by atoms with E-state index < -0.39 is 0 Å². The summed E-state index contributed by atoms with van der Waals surface area (Å²) in [4.78, 5) is 28.1. The van der Waals surface area contributed by atoms with Crippen LogP contribution in [0.4, 0.5) is 0 Å². The van der Waals surface area contributed by atoms with Crippen LogP contribution in [0.3, 0.4) is 0 Å². The zero-order chi connectivity index (χ0) is 18.9. The van der Waals surface area contributed by atoms with E-state index in [0.717, 1.165) is 25.7 Å². The summed E-state index contributed by atoms with van der Waals surface area (Å²) in [6, 6.07) is 2.08. The third-order valence-electron chi connectivity index (χ3n) is 6.68. The van der Waals surface area contributed by atoms with E-state index in [9.17, 15) is 9.59 Å². The Morgan fingerprint density at radius 2 is 2.04 bits per heavy atom. The molecular weight excluding hydrogens is 344 g/mol. The smallest absolute Gasteiger partial charge is 0.272 e. The van der Waals surface area contributed by atoms with Gasteiger partial charge in [0.2, 0.25) is 5.91 Å². The van der Waals surface area contributed by atoms with Crippen LogP contribution < -0.4 is 5.32 Å². The van der Waals surface area contributed by atoms with E-state index in [-0.39, 0.29) is 23.1 Å². The summed E-state index contributed by atoms with van der Waals surface area (Å²) in [6.45, 7) is 5.10. The molecule has 1 unspecified atom stereocenters. The molecule has 3 fully saturated rings. The van der Waals surface area contributed by atoms with Gasteiger partial charge in [-0.3, -0.25) is 14.3 Å². The summed E-state index contributed by atoms with van der Waals surface area (Å²) in [5.41, 5.74) is 0.449. The van der Waals surface area contributed by atoms with Crippen molar-refractivity contribution in [3.05, 3.63) is 18.0 Å². The van der Waals surface area contributed by atoms with Crippen LogP contribution in [0, 0.1) is 11.3 Å². The molecule has 7 nitrogen and oxygen atoms in total. The molecule has 1 N–H and O–H groups in total. The first kappa shape index (κ1) is 18.5. The minimum Gasteiger partial charge on any atom is -0.381 e. The topological polar surface area (TPSA) is 76.5 Å². The zero-order valence-corrected chi connectivity index (χ0v) is 16.2. The predicted octanol–water partition coefficient (Wildman–Crippen LogP) is 1.83. The van der Waals surface area contributed by atoms with Crippen molar-refractivity contribution in [3.63, 3.8) is 0 Å². The van der Waals surface area contributed by atoms with Crippen LogP contribution >= 0.6 is 0 Å². The first-order valence-electron chi connectivity index (χ1n) is 10.3. The van der Waals surface area contributed by atoms with Gasteiger partial charge in [-0.2, -0.15) is 5.10 Å². The minimum atomic E-state index is -0.159. The highest BCUT2D eigenvalue weighted by Gasteiger charge is 2.52. The molecule has 148 valence electrons. The summed E-state index contributed by atoms with van der Waals surface area (Å²) in [5, 5.41) is 7.50. The van der Waals surface area contributed by atoms with Crippen molar-refractivity contribution in [1.29, 1.82) is 0 Å². The largest absolute Gasteiger partial charge is 0.381 e. The highest BCUT2D eigenvalue weighted by atomic mass is 16.5. The quantitative estimate of drug-likeness (QED) is 0.872. The number of ether oxygens (including phenoxy) is 1. The van der Waals surface area contributed by atoms with Gasteiger partial charge >= 0.3 is 0 Å². The van der Waals surface area contributed by atoms with E-state index in [1.807, 2.05) is 11.8 Å². The molecule has 1 aliphatic carbocycles. The molecule has 3 heterocycles. The molecule has 7 heteroatoms. The molecule has 1 saturated carbocycles. The van der Waals surface area contributed by atoms with Crippen molar-refractivity contribution in [2.75, 3.05) is 26.3 Å². The summed E-state index contributed by atoms with van der Waals surface area (Å²) in [7, 11) is 0. The predicted molar refractivity (Wildman–Crippen MR) is 100 cm³/mol. The van der Waals surface area contributed by atoms with Gasteiger partial charge in [0.1, 0.15) is 5.69 Å². The average Bonchev–Trinajstić information content (AvgIpc) is 3.41. The number of rotatable bonds is 4. The SMILES string of the molecule is CCn1nccc1C(=O)N1CC(C(=O)NC2CCCC2)C2(CCOCC2)C1. The first-order chi connectivity index (χ1) is 13.1. The van der Waals surface area contributed by atoms with Crippen LogP contribution in [0.5, 0.6) is 0 Å². The standard InChI is InChI=1S/C20H30N4O3/c1-2-24-17(7-10-21-24)19(26)23-13-16(18(25)22-15-5-3-4-6-15)20(14-23)8-11-27-12-9-20/h7,10,15-16H,2-6,8-9,11-14H2,1H3,(H,22,25). The van der Waals surface area contributed by atoms with E-state index in [0.29, 0.717) is 44.6 Å². The molecule has 2 saturated heterocycles. The molecule has 1 aromatic rings. The number of aryl methyl sites for hydroxylation is 1. The van der Waals surface area contributed by atoms with Gasteiger partial charge in [-0.1, -0.05) is 12.8 Å². The number of likely N-dealkylation sites (tertiary alicyclic amines) is 1. The fourth-order valence-electron chi connectivity index (χ4n) is 5.07. The lowest BCUT2D eigenvalue weighted by molar-refractivity contribution is -0.130. The van der Waals surface area contributed by atoms with Gasteiger partial charge in [0.05, 0.1) is 5.92 Å². The van der Waals surface area contributed by atoms with Crippen molar-refractivity contribution < 1.29 is 14.3 Å². The van der Waals surface area contributed by atoms with E-state index in [2.05, 4.69) is 10.4 Å². The van der Waals surface area contributed by atoms with Crippen molar-refractivity contribution in [2.45, 2.75) is 58.0 Å². The Bertz CT molecular complexity index is 689. The molecule has 4 rings (SSSR count). The number of nitrogens with zero attached hydrogens (tertiary/aromatic N) is 3. The molecular formula is C20H30N4O3. The van der Waals surface area contributed by atoms with Crippen LogP contribution in [0.1, 0.15) is 55.9 Å². The maximum atomic E-state index is 13.1. The molecule has 3 aliphatic rings. The van der Waals surface area contributed by atoms with Gasteiger partial charge in [-0.15, -0.1) is 0 Å². The Hall–Kier alpha value is -1.89. The number of hydrogen-bond acceptors (Lipinski definition) is 4. The third-order valence-corrected chi connectivity index (χ3v) is 6.68. The fourth-order valence-corrected chi connectivity index (χ4v) is 5.07. The third kappa shape index (κ3) is 3.49. The maximum absolute atomic E-state index is 13.1. The second-order valence-electron chi connectivity index (χ2n) is 8.24. The minimum absolute atomic E-state index is 0.0172. The number of carbonyl (C=O) groups is 2. The number of carbonyl (C=O) groups excluding carboxylic acids is 2. The average molecular weight is 374 g/mol. The second-order valence-corrected chi connectivity index (χ2v) is 8.24. The number of amides is 2. The van der Waals surface area contributed by atoms with Gasteiger partial charge in [0, 0.05) is 50.5 Å². The van der Waals surface area contributed by atoms with E-state index in [1.165, 1.54) is 12.8 Å². The van der Waals surface area contributed by atoms with Crippen molar-refractivity contribution >= 4 is 11.8 Å². The first-order valence-corrected chi connectivity index (χ1v) is 10.3. The Morgan fingerprint density at radius 3 is 2.74 bits per heavy atom. The molecule has 2 amide bonds. The van der Waals surface area contributed by atoms with Crippen LogP contribution in [0.15, 0.2) is 12.3 Å². The second kappa shape index (κ2) is 7.62. The highest BCUT2D eigenvalue weighted by molar-refractivity contribution is 5.93. The van der Waals surface area contributed by atoms with E-state index >= 15 is 0 Å². The molecule has 2 aliphatic heterocycles. The number of aromatic nitrogens is 2. The normalized spacial score (nSPS) is 25.2. The molecule has 1 atom stereocenters.